The first-order chi connectivity index (χ1) is 11.8. The number of nitrogens with one attached hydrogen (secondary N) is 2. The Morgan fingerprint density at radius 2 is 1.96 bits per heavy atom. The molecule has 2 amide bonds. The van der Waals surface area contributed by atoms with Crippen LogP contribution in [0.25, 0.3) is 0 Å². The number of fused-ring (bicyclic) bond motifs is 1. The molecule has 2 unspecified atom stereocenters. The molecule has 0 saturated heterocycles. The van der Waals surface area contributed by atoms with E-state index in [-0.39, 0.29) is 23.1 Å². The van der Waals surface area contributed by atoms with Crippen LogP contribution >= 0.6 is 35.0 Å². The second kappa shape index (κ2) is 7.28. The summed E-state index contributed by atoms with van der Waals surface area (Å²) < 4.78 is 0. The van der Waals surface area contributed by atoms with Gasteiger partial charge >= 0.3 is 0 Å². The summed E-state index contributed by atoms with van der Waals surface area (Å²) in [6, 6.07) is 10.3. The van der Waals surface area contributed by atoms with E-state index in [9.17, 15) is 9.59 Å². The third-order valence-corrected chi connectivity index (χ3v) is 5.88. The molecular weight excluding hydrogens is 379 g/mol. The minimum atomic E-state index is -0.234. The number of rotatable bonds is 3. The van der Waals surface area contributed by atoms with Crippen LogP contribution in [-0.2, 0) is 4.79 Å². The Balaban J connectivity index is 1.76. The second-order valence-electron chi connectivity index (χ2n) is 5.83. The Hall–Kier alpha value is -1.69. The topological polar surface area (TPSA) is 58.2 Å². The molecule has 0 bridgehead atoms. The van der Waals surface area contributed by atoms with Gasteiger partial charge in [0.05, 0.1) is 27.0 Å². The summed E-state index contributed by atoms with van der Waals surface area (Å²) in [5, 5.41) is 6.54. The third-order valence-electron chi connectivity index (χ3n) is 3.96. The first kappa shape index (κ1) is 18.1. The third kappa shape index (κ3) is 3.94. The predicted octanol–water partition coefficient (Wildman–Crippen LogP) is 4.92. The molecule has 0 aliphatic carbocycles. The number of carbonyl (C=O) groups excluding carboxylic acids is 2. The van der Waals surface area contributed by atoms with Crippen LogP contribution in [0.2, 0.25) is 10.0 Å². The number of hydrogen-bond donors (Lipinski definition) is 2. The molecular formula is C18H16Cl2N2O2S. The number of halogens is 2. The van der Waals surface area contributed by atoms with Gasteiger partial charge in [-0.2, -0.15) is 0 Å². The van der Waals surface area contributed by atoms with Crippen molar-refractivity contribution in [2.45, 2.75) is 30.0 Å². The van der Waals surface area contributed by atoms with Crippen molar-refractivity contribution < 1.29 is 9.59 Å². The highest BCUT2D eigenvalue weighted by Crippen LogP contribution is 2.36. The lowest BCUT2D eigenvalue weighted by atomic mass is 10.1. The second-order valence-corrected chi connectivity index (χ2v) is 8.03. The number of hydrogen-bond acceptors (Lipinski definition) is 3. The molecule has 4 nitrogen and oxygen atoms in total. The van der Waals surface area contributed by atoms with Gasteiger partial charge in [-0.25, -0.2) is 0 Å². The van der Waals surface area contributed by atoms with Crippen molar-refractivity contribution in [2.75, 3.05) is 5.32 Å². The maximum absolute atomic E-state index is 12.5. The summed E-state index contributed by atoms with van der Waals surface area (Å²) in [4.78, 5) is 25.3. The lowest BCUT2D eigenvalue weighted by Gasteiger charge is -2.22. The average Bonchev–Trinajstić information content (AvgIpc) is 2.57. The Kier molecular flexibility index (Phi) is 5.27. The number of amides is 2. The van der Waals surface area contributed by atoms with Crippen molar-refractivity contribution in [2.24, 2.45) is 0 Å². The van der Waals surface area contributed by atoms with Crippen LogP contribution < -0.4 is 10.6 Å². The Morgan fingerprint density at radius 1 is 1.20 bits per heavy atom. The van der Waals surface area contributed by atoms with Gasteiger partial charge in [0.2, 0.25) is 5.91 Å². The summed E-state index contributed by atoms with van der Waals surface area (Å²) in [7, 11) is 0. The maximum atomic E-state index is 12.5. The van der Waals surface area contributed by atoms with E-state index in [1.165, 1.54) is 11.8 Å². The highest BCUT2D eigenvalue weighted by molar-refractivity contribution is 8.00. The van der Waals surface area contributed by atoms with E-state index in [0.717, 1.165) is 10.5 Å². The fraction of sp³-hybridized carbons (Fsp3) is 0.222. The minimum Gasteiger partial charge on any atom is -0.346 e. The highest BCUT2D eigenvalue weighted by Gasteiger charge is 2.24. The van der Waals surface area contributed by atoms with Crippen molar-refractivity contribution in [3.8, 4) is 0 Å². The van der Waals surface area contributed by atoms with E-state index in [0.29, 0.717) is 21.3 Å². The van der Waals surface area contributed by atoms with Gasteiger partial charge in [0.15, 0.2) is 0 Å². The van der Waals surface area contributed by atoms with Crippen LogP contribution in [0.15, 0.2) is 41.3 Å². The fourth-order valence-corrected chi connectivity index (χ4v) is 3.73. The van der Waals surface area contributed by atoms with Gasteiger partial charge in [0.1, 0.15) is 0 Å². The van der Waals surface area contributed by atoms with E-state index in [4.69, 9.17) is 23.2 Å². The van der Waals surface area contributed by atoms with Crippen LogP contribution in [0.5, 0.6) is 0 Å². The predicted molar refractivity (Wildman–Crippen MR) is 103 cm³/mol. The molecule has 1 aliphatic heterocycles. The Bertz CT molecular complexity index is 857. The van der Waals surface area contributed by atoms with Gasteiger partial charge in [-0.05, 0) is 49.7 Å². The Morgan fingerprint density at radius 3 is 2.68 bits per heavy atom. The summed E-state index contributed by atoms with van der Waals surface area (Å²) in [5.74, 6) is -0.279. The molecule has 130 valence electrons. The first-order valence-electron chi connectivity index (χ1n) is 7.72. The van der Waals surface area contributed by atoms with E-state index in [1.54, 1.807) is 24.3 Å². The zero-order chi connectivity index (χ0) is 18.1. The molecule has 0 radical (unpaired) electrons. The zero-order valence-corrected chi connectivity index (χ0v) is 15.9. The molecule has 1 heterocycles. The quantitative estimate of drug-likeness (QED) is 0.776. The smallest absolute Gasteiger partial charge is 0.251 e. The normalized spacial score (nSPS) is 17.4. The van der Waals surface area contributed by atoms with Crippen molar-refractivity contribution in [3.05, 3.63) is 57.6 Å². The van der Waals surface area contributed by atoms with E-state index in [1.807, 2.05) is 26.0 Å². The molecule has 1 aliphatic rings. The molecule has 7 heteroatoms. The lowest BCUT2D eigenvalue weighted by molar-refractivity contribution is -0.115. The summed E-state index contributed by atoms with van der Waals surface area (Å²) >= 11 is 13.4. The van der Waals surface area contributed by atoms with Crippen LogP contribution in [0, 0.1) is 0 Å². The van der Waals surface area contributed by atoms with Crippen LogP contribution in [0.3, 0.4) is 0 Å². The van der Waals surface area contributed by atoms with Crippen LogP contribution in [-0.4, -0.2) is 17.1 Å². The van der Waals surface area contributed by atoms with Gasteiger partial charge in [0.25, 0.3) is 5.91 Å². The van der Waals surface area contributed by atoms with Crippen LogP contribution in [0.4, 0.5) is 5.69 Å². The SMILES string of the molecule is CC1Sc2ccc(C(=O)NC(C)c3ccc(Cl)c(Cl)c3)cc2NC1=O. The monoisotopic (exact) mass is 394 g/mol. The average molecular weight is 395 g/mol. The molecule has 2 aromatic rings. The molecule has 0 fully saturated rings. The van der Waals surface area contributed by atoms with E-state index >= 15 is 0 Å². The van der Waals surface area contributed by atoms with Crippen molar-refractivity contribution >= 4 is 52.5 Å². The number of anilines is 1. The number of carbonyl (C=O) groups is 2. The van der Waals surface area contributed by atoms with Crippen molar-refractivity contribution in [3.63, 3.8) is 0 Å². The number of thioether (sulfide) groups is 1. The molecule has 0 saturated carbocycles. The van der Waals surface area contributed by atoms with E-state index < -0.39 is 0 Å². The zero-order valence-electron chi connectivity index (χ0n) is 13.6. The fourth-order valence-electron chi connectivity index (χ4n) is 2.50. The van der Waals surface area contributed by atoms with Gasteiger partial charge in [0, 0.05) is 10.5 Å². The van der Waals surface area contributed by atoms with Gasteiger partial charge in [-0.3, -0.25) is 9.59 Å². The van der Waals surface area contributed by atoms with Crippen LogP contribution in [0.1, 0.15) is 35.8 Å². The number of benzene rings is 2. The molecule has 0 spiro atoms. The molecule has 3 rings (SSSR count). The standard InChI is InChI=1S/C18H16Cl2N2O2S/c1-9(11-3-5-13(19)14(20)7-11)21-18(24)12-4-6-16-15(8-12)22-17(23)10(2)25-16/h3-10H,1-2H3,(H,21,24)(H,22,23). The van der Waals surface area contributed by atoms with Gasteiger partial charge < -0.3 is 10.6 Å². The molecule has 2 atom stereocenters. The summed E-state index contributed by atoms with van der Waals surface area (Å²) in [5.41, 5.74) is 2.02. The molecule has 2 aromatic carbocycles. The minimum absolute atomic E-state index is 0.0563. The van der Waals surface area contributed by atoms with Crippen molar-refractivity contribution in [1.29, 1.82) is 0 Å². The van der Waals surface area contributed by atoms with Gasteiger partial charge in [-0.1, -0.05) is 29.3 Å². The van der Waals surface area contributed by atoms with Crippen molar-refractivity contribution in [1.82, 2.24) is 5.32 Å². The van der Waals surface area contributed by atoms with Gasteiger partial charge in [-0.15, -0.1) is 11.8 Å². The summed E-state index contributed by atoms with van der Waals surface area (Å²) in [6.45, 7) is 3.72. The van der Waals surface area contributed by atoms with E-state index in [2.05, 4.69) is 10.6 Å². The lowest BCUT2D eigenvalue weighted by Crippen LogP contribution is -2.28. The first-order valence-corrected chi connectivity index (χ1v) is 9.36. The largest absolute Gasteiger partial charge is 0.346 e. The summed E-state index contributed by atoms with van der Waals surface area (Å²) in [6.07, 6.45) is 0. The molecule has 25 heavy (non-hydrogen) atoms. The Labute approximate surface area is 160 Å². The maximum Gasteiger partial charge on any atom is 0.251 e. The molecule has 0 aromatic heterocycles. The highest BCUT2D eigenvalue weighted by atomic mass is 35.5. The molecule has 2 N–H and O–H groups in total.